The molecule has 0 aromatic heterocycles. The van der Waals surface area contributed by atoms with E-state index in [0.29, 0.717) is 11.4 Å². The summed E-state index contributed by atoms with van der Waals surface area (Å²) >= 11 is 0. The zero-order valence-electron chi connectivity index (χ0n) is 10.9. The number of benzene rings is 2. The molecule has 0 aliphatic rings. The first kappa shape index (κ1) is 14.2. The third-order valence-electron chi connectivity index (χ3n) is 2.93. The van der Waals surface area contributed by atoms with Crippen molar-refractivity contribution in [2.24, 2.45) is 0 Å². The van der Waals surface area contributed by atoms with E-state index in [9.17, 15) is 13.2 Å². The van der Waals surface area contributed by atoms with Gasteiger partial charge < -0.3 is 10.5 Å². The molecule has 2 aromatic carbocycles. The molecule has 0 bridgehead atoms. The van der Waals surface area contributed by atoms with Gasteiger partial charge in [0.05, 0.1) is 5.56 Å². The summed E-state index contributed by atoms with van der Waals surface area (Å²) in [5, 5.41) is 0. The van der Waals surface area contributed by atoms with Gasteiger partial charge in [0.15, 0.2) is 0 Å². The number of ether oxygens (including phenoxy) is 1. The van der Waals surface area contributed by atoms with Crippen molar-refractivity contribution in [2.45, 2.75) is 19.7 Å². The summed E-state index contributed by atoms with van der Waals surface area (Å²) in [6.45, 7) is 2.16. The zero-order valence-corrected chi connectivity index (χ0v) is 10.9. The Hall–Kier alpha value is -2.17. The first-order valence-electron chi connectivity index (χ1n) is 6.01. The van der Waals surface area contributed by atoms with Gasteiger partial charge in [-0.1, -0.05) is 12.1 Å². The number of hydrogen-bond donors (Lipinski definition) is 1. The lowest BCUT2D eigenvalue weighted by atomic mass is 10.1. The summed E-state index contributed by atoms with van der Waals surface area (Å²) in [7, 11) is 0. The highest BCUT2D eigenvalue weighted by atomic mass is 19.4. The molecule has 2 N–H and O–H groups in total. The monoisotopic (exact) mass is 281 g/mol. The second-order valence-electron chi connectivity index (χ2n) is 4.50. The minimum absolute atomic E-state index is 0.260. The number of aryl methyl sites for hydroxylation is 1. The molecule has 0 heterocycles. The summed E-state index contributed by atoms with van der Waals surface area (Å²) in [5.41, 5.74) is 7.60. The number of anilines is 1. The third kappa shape index (κ3) is 3.44. The SMILES string of the molecule is Cc1ccc(COc2ccc(C(F)(F)F)cc2)cc1N. The fourth-order valence-electron chi connectivity index (χ4n) is 1.69. The van der Waals surface area contributed by atoms with E-state index >= 15 is 0 Å². The van der Waals surface area contributed by atoms with Gasteiger partial charge in [0.25, 0.3) is 0 Å². The predicted octanol–water partition coefficient (Wildman–Crippen LogP) is 4.18. The van der Waals surface area contributed by atoms with Crippen LogP contribution >= 0.6 is 0 Å². The van der Waals surface area contributed by atoms with Crippen LogP contribution in [-0.4, -0.2) is 0 Å². The molecule has 0 saturated heterocycles. The molecule has 0 fully saturated rings. The second kappa shape index (κ2) is 5.45. The minimum Gasteiger partial charge on any atom is -0.489 e. The van der Waals surface area contributed by atoms with E-state index in [0.717, 1.165) is 23.3 Å². The lowest BCUT2D eigenvalue weighted by Gasteiger charge is -2.10. The van der Waals surface area contributed by atoms with Crippen LogP contribution in [0, 0.1) is 6.92 Å². The van der Waals surface area contributed by atoms with Crippen LogP contribution in [0.25, 0.3) is 0 Å². The molecule has 0 unspecified atom stereocenters. The summed E-state index contributed by atoms with van der Waals surface area (Å²) in [4.78, 5) is 0. The van der Waals surface area contributed by atoms with Crippen molar-refractivity contribution in [3.63, 3.8) is 0 Å². The van der Waals surface area contributed by atoms with E-state index in [2.05, 4.69) is 0 Å². The van der Waals surface area contributed by atoms with Gasteiger partial charge in [-0.25, -0.2) is 0 Å². The minimum atomic E-state index is -4.33. The fraction of sp³-hybridized carbons (Fsp3) is 0.200. The molecule has 0 aliphatic carbocycles. The topological polar surface area (TPSA) is 35.2 Å². The van der Waals surface area contributed by atoms with Gasteiger partial charge in [-0.2, -0.15) is 13.2 Å². The molecule has 0 saturated carbocycles. The van der Waals surface area contributed by atoms with Crippen molar-refractivity contribution >= 4 is 5.69 Å². The molecule has 0 radical (unpaired) electrons. The maximum Gasteiger partial charge on any atom is 0.416 e. The average molecular weight is 281 g/mol. The highest BCUT2D eigenvalue weighted by Gasteiger charge is 2.29. The van der Waals surface area contributed by atoms with Crippen molar-refractivity contribution in [3.8, 4) is 5.75 Å². The smallest absolute Gasteiger partial charge is 0.416 e. The molecular weight excluding hydrogens is 267 g/mol. The Morgan fingerprint density at radius 1 is 1.05 bits per heavy atom. The van der Waals surface area contributed by atoms with Gasteiger partial charge in [-0.3, -0.25) is 0 Å². The lowest BCUT2D eigenvalue weighted by molar-refractivity contribution is -0.137. The number of nitrogens with two attached hydrogens (primary N) is 1. The summed E-state index contributed by atoms with van der Waals surface area (Å²) in [5.74, 6) is 0.386. The van der Waals surface area contributed by atoms with Crippen LogP contribution < -0.4 is 10.5 Å². The molecule has 2 rings (SSSR count). The lowest BCUT2D eigenvalue weighted by Crippen LogP contribution is -2.04. The van der Waals surface area contributed by atoms with E-state index < -0.39 is 11.7 Å². The molecule has 0 aliphatic heterocycles. The Kier molecular flexibility index (Phi) is 3.88. The highest BCUT2D eigenvalue weighted by Crippen LogP contribution is 2.30. The standard InChI is InChI=1S/C15H14F3NO/c1-10-2-3-11(8-14(10)19)9-20-13-6-4-12(5-7-13)15(16,17)18/h2-8H,9,19H2,1H3. The summed E-state index contributed by atoms with van der Waals surface area (Å²) in [6, 6.07) is 10.1. The molecular formula is C15H14F3NO. The Morgan fingerprint density at radius 2 is 1.70 bits per heavy atom. The van der Waals surface area contributed by atoms with Crippen LogP contribution in [-0.2, 0) is 12.8 Å². The molecule has 20 heavy (non-hydrogen) atoms. The predicted molar refractivity (Wildman–Crippen MR) is 71.4 cm³/mol. The van der Waals surface area contributed by atoms with Gasteiger partial charge in [-0.15, -0.1) is 0 Å². The summed E-state index contributed by atoms with van der Waals surface area (Å²) < 4.78 is 42.6. The van der Waals surface area contributed by atoms with Crippen LogP contribution in [0.5, 0.6) is 5.75 Å². The maximum absolute atomic E-state index is 12.4. The zero-order chi connectivity index (χ0) is 14.8. The van der Waals surface area contributed by atoms with Crippen molar-refractivity contribution in [3.05, 3.63) is 59.2 Å². The van der Waals surface area contributed by atoms with Crippen LogP contribution in [0.2, 0.25) is 0 Å². The number of alkyl halides is 3. The fourth-order valence-corrected chi connectivity index (χ4v) is 1.69. The maximum atomic E-state index is 12.4. The first-order chi connectivity index (χ1) is 9.36. The second-order valence-corrected chi connectivity index (χ2v) is 4.50. The van der Waals surface area contributed by atoms with Crippen LogP contribution in [0.4, 0.5) is 18.9 Å². The largest absolute Gasteiger partial charge is 0.489 e. The van der Waals surface area contributed by atoms with E-state index in [1.165, 1.54) is 12.1 Å². The van der Waals surface area contributed by atoms with Gasteiger partial charge in [0.1, 0.15) is 12.4 Å². The Morgan fingerprint density at radius 3 is 2.25 bits per heavy atom. The Labute approximate surface area is 115 Å². The molecule has 2 nitrogen and oxygen atoms in total. The molecule has 5 heteroatoms. The average Bonchev–Trinajstić information content (AvgIpc) is 2.40. The summed E-state index contributed by atoms with van der Waals surface area (Å²) in [6.07, 6.45) is -4.33. The Balaban J connectivity index is 2.02. The normalized spacial score (nSPS) is 11.4. The quantitative estimate of drug-likeness (QED) is 0.857. The Bertz CT molecular complexity index is 591. The molecule has 0 amide bonds. The molecule has 106 valence electrons. The van der Waals surface area contributed by atoms with Crippen molar-refractivity contribution in [1.82, 2.24) is 0 Å². The van der Waals surface area contributed by atoms with E-state index in [1.807, 2.05) is 19.1 Å². The molecule has 0 atom stereocenters. The van der Waals surface area contributed by atoms with Gasteiger partial charge in [0.2, 0.25) is 0 Å². The number of rotatable bonds is 3. The van der Waals surface area contributed by atoms with Crippen LogP contribution in [0.1, 0.15) is 16.7 Å². The molecule has 0 spiro atoms. The van der Waals surface area contributed by atoms with Gasteiger partial charge >= 0.3 is 6.18 Å². The number of halogens is 3. The highest BCUT2D eigenvalue weighted by molar-refractivity contribution is 5.48. The third-order valence-corrected chi connectivity index (χ3v) is 2.93. The van der Waals surface area contributed by atoms with Gasteiger partial charge in [0, 0.05) is 5.69 Å². The number of hydrogen-bond acceptors (Lipinski definition) is 2. The van der Waals surface area contributed by atoms with Crippen LogP contribution in [0.15, 0.2) is 42.5 Å². The van der Waals surface area contributed by atoms with E-state index in [-0.39, 0.29) is 6.61 Å². The first-order valence-corrected chi connectivity index (χ1v) is 6.01. The van der Waals surface area contributed by atoms with Crippen molar-refractivity contribution < 1.29 is 17.9 Å². The molecule has 2 aromatic rings. The van der Waals surface area contributed by atoms with Crippen LogP contribution in [0.3, 0.4) is 0 Å². The van der Waals surface area contributed by atoms with Crippen molar-refractivity contribution in [1.29, 1.82) is 0 Å². The van der Waals surface area contributed by atoms with Gasteiger partial charge in [-0.05, 0) is 48.4 Å². The van der Waals surface area contributed by atoms with Crippen molar-refractivity contribution in [2.75, 3.05) is 5.73 Å². The number of nitrogen functional groups attached to an aromatic ring is 1. The van der Waals surface area contributed by atoms with E-state index in [4.69, 9.17) is 10.5 Å². The van der Waals surface area contributed by atoms with E-state index in [1.54, 1.807) is 6.07 Å².